The number of nitrogens with zero attached hydrogens (tertiary/aromatic N) is 5. The molecule has 0 saturated heterocycles. The highest BCUT2D eigenvalue weighted by Crippen LogP contribution is 2.40. The van der Waals surface area contributed by atoms with Crippen LogP contribution in [0.5, 0.6) is 0 Å². The number of fused-ring (bicyclic) bond motifs is 3. The molecule has 10 aromatic rings. The second kappa shape index (κ2) is 14.0. The van der Waals surface area contributed by atoms with Crippen molar-refractivity contribution in [2.75, 3.05) is 0 Å². The summed E-state index contributed by atoms with van der Waals surface area (Å²) in [5.41, 5.74) is 12.1. The van der Waals surface area contributed by atoms with Gasteiger partial charge >= 0.3 is 0 Å². The van der Waals surface area contributed by atoms with Gasteiger partial charge in [0.1, 0.15) is 6.33 Å². The van der Waals surface area contributed by atoms with Crippen LogP contribution in [0.4, 0.5) is 0 Å². The first-order valence-corrected chi connectivity index (χ1v) is 19.0. The topological polar surface area (TPSA) is 64.5 Å². The highest BCUT2D eigenvalue weighted by Gasteiger charge is 2.18. The molecule has 0 aliphatic rings. The molecule has 0 amide bonds. The average molecular weight is 722 g/mol. The number of benzene rings is 7. The van der Waals surface area contributed by atoms with E-state index in [1.54, 1.807) is 17.7 Å². The van der Waals surface area contributed by atoms with Gasteiger partial charge in [-0.1, -0.05) is 146 Å². The zero-order valence-corrected chi connectivity index (χ0v) is 30.4. The van der Waals surface area contributed by atoms with Crippen molar-refractivity contribution in [2.45, 2.75) is 0 Å². The molecule has 0 spiro atoms. The van der Waals surface area contributed by atoms with Crippen LogP contribution >= 0.6 is 11.3 Å². The summed E-state index contributed by atoms with van der Waals surface area (Å²) in [5, 5.41) is 1.13. The Bertz CT molecular complexity index is 2880. The summed E-state index contributed by atoms with van der Waals surface area (Å²) in [6, 6.07) is 63.0. The minimum atomic E-state index is 0.580. The number of aromatic nitrogens is 5. The molecule has 0 aliphatic carbocycles. The smallest absolute Gasteiger partial charge is 0.164 e. The first-order valence-electron chi connectivity index (χ1n) is 18.1. The van der Waals surface area contributed by atoms with Crippen molar-refractivity contribution in [1.29, 1.82) is 0 Å². The summed E-state index contributed by atoms with van der Waals surface area (Å²) in [7, 11) is 0. The van der Waals surface area contributed by atoms with Crippen molar-refractivity contribution >= 4 is 31.6 Å². The molecule has 258 valence electrons. The van der Waals surface area contributed by atoms with Gasteiger partial charge in [0.2, 0.25) is 0 Å². The van der Waals surface area contributed by atoms with Gasteiger partial charge < -0.3 is 0 Å². The minimum absolute atomic E-state index is 0.580. The second-order valence-electron chi connectivity index (χ2n) is 13.4. The van der Waals surface area contributed by atoms with E-state index in [4.69, 9.17) is 24.9 Å². The van der Waals surface area contributed by atoms with Gasteiger partial charge in [-0.15, -0.1) is 11.3 Å². The largest absolute Gasteiger partial charge is 0.235 e. The van der Waals surface area contributed by atoms with Crippen LogP contribution < -0.4 is 0 Å². The number of rotatable bonds is 7. The molecule has 0 atom stereocenters. The van der Waals surface area contributed by atoms with E-state index in [-0.39, 0.29) is 0 Å². The average Bonchev–Trinajstić information content (AvgIpc) is 3.66. The molecule has 3 heterocycles. The SMILES string of the molecule is c1ccc(-c2cccc(-c3nc(-c4cccc(-c5ccccc5)c4)nc(-c4cc(-c5ccccc5)cc(-c5ncnc6c5sc5ccccc56)c4)n3)c2)cc1. The molecule has 0 radical (unpaired) electrons. The fourth-order valence-corrected chi connectivity index (χ4v) is 8.29. The minimum Gasteiger partial charge on any atom is -0.235 e. The Labute approximate surface area is 322 Å². The molecular weight excluding hydrogens is 691 g/mol. The third-order valence-electron chi connectivity index (χ3n) is 9.82. The predicted molar refractivity (Wildman–Crippen MR) is 226 cm³/mol. The van der Waals surface area contributed by atoms with E-state index in [1.165, 1.54) is 4.70 Å². The monoisotopic (exact) mass is 721 g/mol. The molecule has 10 rings (SSSR count). The van der Waals surface area contributed by atoms with Gasteiger partial charge in [0.25, 0.3) is 0 Å². The lowest BCUT2D eigenvalue weighted by molar-refractivity contribution is 1.07. The van der Waals surface area contributed by atoms with Crippen LogP contribution in [0.2, 0.25) is 0 Å². The molecule has 0 N–H and O–H groups in total. The Balaban J connectivity index is 1.20. The Kier molecular flexibility index (Phi) is 8.28. The summed E-state index contributed by atoms with van der Waals surface area (Å²) in [6.07, 6.45) is 1.67. The maximum absolute atomic E-state index is 5.23. The van der Waals surface area contributed by atoms with Crippen LogP contribution in [0.3, 0.4) is 0 Å². The molecule has 7 aromatic carbocycles. The molecule has 0 fully saturated rings. The van der Waals surface area contributed by atoms with E-state index >= 15 is 0 Å². The van der Waals surface area contributed by atoms with Gasteiger partial charge in [0.05, 0.1) is 15.9 Å². The summed E-state index contributed by atoms with van der Waals surface area (Å²) in [4.78, 5) is 25.2. The van der Waals surface area contributed by atoms with Crippen molar-refractivity contribution in [3.8, 4) is 78.8 Å². The molecular formula is C49H31N5S. The Morgan fingerprint density at radius 1 is 0.327 bits per heavy atom. The lowest BCUT2D eigenvalue weighted by atomic mass is 9.97. The highest BCUT2D eigenvalue weighted by atomic mass is 32.1. The van der Waals surface area contributed by atoms with Crippen molar-refractivity contribution in [1.82, 2.24) is 24.9 Å². The van der Waals surface area contributed by atoms with Gasteiger partial charge in [0.15, 0.2) is 17.5 Å². The molecule has 0 bridgehead atoms. The zero-order valence-electron chi connectivity index (χ0n) is 29.5. The fourth-order valence-electron chi connectivity index (χ4n) is 7.12. The van der Waals surface area contributed by atoms with E-state index in [2.05, 4.69) is 164 Å². The summed E-state index contributed by atoms with van der Waals surface area (Å²) >= 11 is 1.72. The van der Waals surface area contributed by atoms with Crippen molar-refractivity contribution in [3.63, 3.8) is 0 Å². The quantitative estimate of drug-likeness (QED) is 0.164. The van der Waals surface area contributed by atoms with Crippen LogP contribution in [0.1, 0.15) is 0 Å². The van der Waals surface area contributed by atoms with E-state index in [0.29, 0.717) is 17.5 Å². The number of thiophene rings is 1. The number of hydrogen-bond donors (Lipinski definition) is 0. The van der Waals surface area contributed by atoms with Gasteiger partial charge in [-0.3, -0.25) is 0 Å². The lowest BCUT2D eigenvalue weighted by Crippen LogP contribution is -2.01. The van der Waals surface area contributed by atoms with Crippen LogP contribution in [0.15, 0.2) is 188 Å². The first-order chi connectivity index (χ1) is 27.2. The van der Waals surface area contributed by atoms with E-state index in [9.17, 15) is 0 Å². The molecule has 0 aliphatic heterocycles. The van der Waals surface area contributed by atoms with E-state index in [1.807, 2.05) is 18.2 Å². The first kappa shape index (κ1) is 32.5. The molecule has 6 heteroatoms. The van der Waals surface area contributed by atoms with Crippen LogP contribution in [-0.2, 0) is 0 Å². The molecule has 55 heavy (non-hydrogen) atoms. The van der Waals surface area contributed by atoms with Gasteiger partial charge in [-0.05, 0) is 69.8 Å². The van der Waals surface area contributed by atoms with Gasteiger partial charge in [0, 0.05) is 32.3 Å². The van der Waals surface area contributed by atoms with Crippen molar-refractivity contribution in [2.24, 2.45) is 0 Å². The van der Waals surface area contributed by atoms with Crippen LogP contribution in [0.25, 0.3) is 99.1 Å². The van der Waals surface area contributed by atoms with Gasteiger partial charge in [-0.2, -0.15) is 0 Å². The van der Waals surface area contributed by atoms with E-state index in [0.717, 1.165) is 76.9 Å². The highest BCUT2D eigenvalue weighted by molar-refractivity contribution is 7.26. The lowest BCUT2D eigenvalue weighted by Gasteiger charge is -2.13. The van der Waals surface area contributed by atoms with Gasteiger partial charge in [-0.25, -0.2) is 24.9 Å². The molecule has 3 aromatic heterocycles. The Morgan fingerprint density at radius 3 is 1.36 bits per heavy atom. The van der Waals surface area contributed by atoms with E-state index < -0.39 is 0 Å². The molecule has 5 nitrogen and oxygen atoms in total. The standard InChI is InChI=1S/C49H31N5S/c1-4-14-32(15-5-1)35-20-12-22-37(26-35)47-52-48(38-23-13-21-36(27-38)33-16-6-2-7-17-33)54-49(53-47)41-29-39(34-18-8-3-9-19-34)28-40(30-41)44-46-45(51-31-50-44)42-24-10-11-25-43(42)55-46/h1-31H. The third kappa shape index (κ3) is 6.35. The van der Waals surface area contributed by atoms with Crippen molar-refractivity contribution < 1.29 is 0 Å². The summed E-state index contributed by atoms with van der Waals surface area (Å²) < 4.78 is 2.23. The van der Waals surface area contributed by atoms with Crippen LogP contribution in [0, 0.1) is 0 Å². The fraction of sp³-hybridized carbons (Fsp3) is 0. The van der Waals surface area contributed by atoms with Crippen molar-refractivity contribution in [3.05, 3.63) is 188 Å². The number of hydrogen-bond acceptors (Lipinski definition) is 6. The summed E-state index contributed by atoms with van der Waals surface area (Å²) in [6.45, 7) is 0. The Morgan fingerprint density at radius 2 is 0.764 bits per heavy atom. The molecule has 0 unspecified atom stereocenters. The predicted octanol–water partition coefficient (Wildman–Crippen LogP) is 12.7. The Hall–Kier alpha value is -7.15. The third-order valence-corrected chi connectivity index (χ3v) is 11.0. The maximum Gasteiger partial charge on any atom is 0.164 e. The normalized spacial score (nSPS) is 11.3. The maximum atomic E-state index is 5.23. The van der Waals surface area contributed by atoms with Crippen LogP contribution in [-0.4, -0.2) is 24.9 Å². The zero-order chi connectivity index (χ0) is 36.6. The molecule has 0 saturated carbocycles. The second-order valence-corrected chi connectivity index (χ2v) is 14.4. The summed E-state index contributed by atoms with van der Waals surface area (Å²) in [5.74, 6) is 1.78.